The van der Waals surface area contributed by atoms with E-state index in [1.807, 2.05) is 0 Å². The van der Waals surface area contributed by atoms with E-state index in [2.05, 4.69) is 87.2 Å². The molecule has 0 amide bonds. The van der Waals surface area contributed by atoms with Crippen LogP contribution in [-0.4, -0.2) is 11.4 Å². The molecule has 1 heteroatoms. The third kappa shape index (κ3) is 3.29. The Balaban J connectivity index is 2.21. The minimum absolute atomic E-state index is 0.427. The number of rotatable bonds is 5. The largest absolute Gasteiger partial charge is 0.290 e. The van der Waals surface area contributed by atoms with Gasteiger partial charge in [0, 0.05) is 12.1 Å². The van der Waals surface area contributed by atoms with Crippen molar-refractivity contribution in [3.8, 4) is 0 Å². The average molecular weight is 267 g/mol. The molecule has 2 aromatic carbocycles. The van der Waals surface area contributed by atoms with Crippen molar-refractivity contribution < 1.29 is 0 Å². The van der Waals surface area contributed by atoms with Crippen molar-refractivity contribution in [1.29, 1.82) is 0 Å². The zero-order chi connectivity index (χ0) is 14.5. The number of hydrogen-bond donors (Lipinski definition) is 0. The maximum atomic E-state index is 2.54. The molecule has 0 N–H and O–H groups in total. The quantitative estimate of drug-likeness (QED) is 0.725. The Bertz CT molecular complexity index is 515. The van der Waals surface area contributed by atoms with Gasteiger partial charge in [-0.15, -0.1) is 0 Å². The Kier molecular flexibility index (Phi) is 4.97. The van der Waals surface area contributed by atoms with Crippen LogP contribution in [-0.2, 0) is 0 Å². The summed E-state index contributed by atoms with van der Waals surface area (Å²) >= 11 is 0. The molecule has 1 nitrogen and oxygen atoms in total. The van der Waals surface area contributed by atoms with Gasteiger partial charge in [0.25, 0.3) is 0 Å². The fourth-order valence-electron chi connectivity index (χ4n) is 2.84. The standard InChI is InChI=1S/C19H25N/c1-5-20(16(3)18-9-7-6-8-10-18)17(4)19-13-11-15(2)12-14-19/h6-14,16-17H,5H2,1-4H3/t16?,17-/m0/s1. The molecule has 2 rings (SSSR count). The fourth-order valence-corrected chi connectivity index (χ4v) is 2.84. The Morgan fingerprint density at radius 2 is 1.30 bits per heavy atom. The molecule has 0 radical (unpaired) electrons. The summed E-state index contributed by atoms with van der Waals surface area (Å²) in [5.74, 6) is 0. The first kappa shape index (κ1) is 14.8. The molecule has 106 valence electrons. The highest BCUT2D eigenvalue weighted by atomic mass is 15.2. The second kappa shape index (κ2) is 6.71. The van der Waals surface area contributed by atoms with Crippen LogP contribution in [0, 0.1) is 6.92 Å². The van der Waals surface area contributed by atoms with Gasteiger partial charge in [0.2, 0.25) is 0 Å². The first-order valence-corrected chi connectivity index (χ1v) is 7.50. The van der Waals surface area contributed by atoms with Crippen molar-refractivity contribution in [3.63, 3.8) is 0 Å². The molecule has 0 aromatic heterocycles. The van der Waals surface area contributed by atoms with Crippen LogP contribution in [0.15, 0.2) is 54.6 Å². The minimum atomic E-state index is 0.427. The topological polar surface area (TPSA) is 3.24 Å². The Hall–Kier alpha value is -1.60. The van der Waals surface area contributed by atoms with E-state index in [4.69, 9.17) is 0 Å². The van der Waals surface area contributed by atoms with Gasteiger partial charge in [0.15, 0.2) is 0 Å². The minimum Gasteiger partial charge on any atom is -0.290 e. The summed E-state index contributed by atoms with van der Waals surface area (Å²) in [7, 11) is 0. The van der Waals surface area contributed by atoms with Gasteiger partial charge in [-0.3, -0.25) is 4.90 Å². The van der Waals surface area contributed by atoms with Crippen molar-refractivity contribution >= 4 is 0 Å². The molecule has 2 atom stereocenters. The smallest absolute Gasteiger partial charge is 0.0325 e. The summed E-state index contributed by atoms with van der Waals surface area (Å²) in [6.45, 7) is 10.0. The van der Waals surface area contributed by atoms with Crippen molar-refractivity contribution in [1.82, 2.24) is 4.90 Å². The van der Waals surface area contributed by atoms with Gasteiger partial charge in [-0.2, -0.15) is 0 Å². The lowest BCUT2D eigenvalue weighted by Gasteiger charge is -2.34. The van der Waals surface area contributed by atoms with Crippen LogP contribution in [0.2, 0.25) is 0 Å². The Labute approximate surface area is 123 Å². The van der Waals surface area contributed by atoms with Gasteiger partial charge in [-0.05, 0) is 38.4 Å². The van der Waals surface area contributed by atoms with Gasteiger partial charge in [-0.25, -0.2) is 0 Å². The van der Waals surface area contributed by atoms with E-state index in [-0.39, 0.29) is 0 Å². The van der Waals surface area contributed by atoms with E-state index < -0.39 is 0 Å². The predicted octanol–water partition coefficient (Wildman–Crippen LogP) is 5.14. The highest BCUT2D eigenvalue weighted by Gasteiger charge is 2.20. The lowest BCUT2D eigenvalue weighted by Crippen LogP contribution is -2.29. The molecule has 1 unspecified atom stereocenters. The summed E-state index contributed by atoms with van der Waals surface area (Å²) in [4.78, 5) is 2.54. The highest BCUT2D eigenvalue weighted by molar-refractivity contribution is 5.25. The lowest BCUT2D eigenvalue weighted by molar-refractivity contribution is 0.164. The Morgan fingerprint density at radius 1 is 0.800 bits per heavy atom. The second-order valence-electron chi connectivity index (χ2n) is 5.50. The molecule has 0 heterocycles. The zero-order valence-corrected chi connectivity index (χ0v) is 13.0. The van der Waals surface area contributed by atoms with Gasteiger partial charge in [-0.1, -0.05) is 67.1 Å². The van der Waals surface area contributed by atoms with E-state index in [1.54, 1.807) is 0 Å². The molecule has 0 saturated heterocycles. The molecule has 0 bridgehead atoms. The SMILES string of the molecule is CCN(C(C)c1ccccc1)[C@@H](C)c1ccc(C)cc1. The van der Waals surface area contributed by atoms with E-state index in [9.17, 15) is 0 Å². The molecule has 0 fully saturated rings. The lowest BCUT2D eigenvalue weighted by atomic mass is 10.0. The number of nitrogens with zero attached hydrogens (tertiary/aromatic N) is 1. The van der Waals surface area contributed by atoms with Gasteiger partial charge < -0.3 is 0 Å². The zero-order valence-electron chi connectivity index (χ0n) is 13.0. The molecule has 0 aliphatic rings. The summed E-state index contributed by atoms with van der Waals surface area (Å²) < 4.78 is 0. The van der Waals surface area contributed by atoms with E-state index in [0.29, 0.717) is 12.1 Å². The maximum Gasteiger partial charge on any atom is 0.0325 e. The number of benzene rings is 2. The molecule has 0 spiro atoms. The number of hydrogen-bond acceptors (Lipinski definition) is 1. The van der Waals surface area contributed by atoms with Crippen LogP contribution in [0.4, 0.5) is 0 Å². The molecular formula is C19H25N. The van der Waals surface area contributed by atoms with Gasteiger partial charge in [0.1, 0.15) is 0 Å². The van der Waals surface area contributed by atoms with Gasteiger partial charge in [0.05, 0.1) is 0 Å². The van der Waals surface area contributed by atoms with Crippen LogP contribution >= 0.6 is 0 Å². The summed E-state index contributed by atoms with van der Waals surface area (Å²) in [6.07, 6.45) is 0. The van der Waals surface area contributed by atoms with Crippen LogP contribution in [0.5, 0.6) is 0 Å². The third-order valence-corrected chi connectivity index (χ3v) is 4.20. The summed E-state index contributed by atoms with van der Waals surface area (Å²) in [5.41, 5.74) is 4.09. The van der Waals surface area contributed by atoms with E-state index >= 15 is 0 Å². The van der Waals surface area contributed by atoms with Gasteiger partial charge >= 0.3 is 0 Å². The molecule has 20 heavy (non-hydrogen) atoms. The average Bonchev–Trinajstić information content (AvgIpc) is 2.49. The van der Waals surface area contributed by atoms with Crippen LogP contribution in [0.1, 0.15) is 49.5 Å². The number of aryl methyl sites for hydroxylation is 1. The first-order chi connectivity index (χ1) is 9.63. The van der Waals surface area contributed by atoms with Crippen LogP contribution in [0.3, 0.4) is 0 Å². The third-order valence-electron chi connectivity index (χ3n) is 4.20. The van der Waals surface area contributed by atoms with Crippen molar-refractivity contribution in [3.05, 3.63) is 71.3 Å². The second-order valence-corrected chi connectivity index (χ2v) is 5.50. The maximum absolute atomic E-state index is 2.54. The highest BCUT2D eigenvalue weighted by Crippen LogP contribution is 2.29. The first-order valence-electron chi connectivity index (χ1n) is 7.50. The van der Waals surface area contributed by atoms with Crippen molar-refractivity contribution in [2.24, 2.45) is 0 Å². The van der Waals surface area contributed by atoms with Crippen LogP contribution in [0.25, 0.3) is 0 Å². The summed E-state index contributed by atoms with van der Waals surface area (Å²) in [5, 5.41) is 0. The van der Waals surface area contributed by atoms with Crippen molar-refractivity contribution in [2.75, 3.05) is 6.54 Å². The fraction of sp³-hybridized carbons (Fsp3) is 0.368. The van der Waals surface area contributed by atoms with Crippen molar-refractivity contribution in [2.45, 2.75) is 39.8 Å². The molecular weight excluding hydrogens is 242 g/mol. The predicted molar refractivity (Wildman–Crippen MR) is 86.8 cm³/mol. The molecule has 0 aliphatic carbocycles. The molecule has 0 aliphatic heterocycles. The molecule has 0 saturated carbocycles. The van der Waals surface area contributed by atoms with E-state index in [1.165, 1.54) is 16.7 Å². The molecule has 2 aromatic rings. The monoisotopic (exact) mass is 267 g/mol. The Morgan fingerprint density at radius 3 is 1.80 bits per heavy atom. The summed E-state index contributed by atoms with van der Waals surface area (Å²) in [6, 6.07) is 20.5. The van der Waals surface area contributed by atoms with Crippen LogP contribution < -0.4 is 0 Å². The normalized spacial score (nSPS) is 14.2. The van der Waals surface area contributed by atoms with E-state index in [0.717, 1.165) is 6.54 Å².